The SMILES string of the molecule is CCOC(=O)c1cc(CCCN2CCN(C(=O)OC(C)(C)C)CC2)cc(C(=O)OCC)n1. The monoisotopic (exact) mass is 449 g/mol. The van der Waals surface area contributed by atoms with E-state index in [9.17, 15) is 14.4 Å². The molecule has 1 aromatic rings. The fourth-order valence-electron chi connectivity index (χ4n) is 3.34. The Hall–Kier alpha value is -2.68. The zero-order valence-electron chi connectivity index (χ0n) is 19.8. The van der Waals surface area contributed by atoms with Gasteiger partial charge >= 0.3 is 18.0 Å². The molecule has 1 amide bonds. The first-order valence-corrected chi connectivity index (χ1v) is 11.2. The number of piperazine rings is 1. The highest BCUT2D eigenvalue weighted by molar-refractivity contribution is 5.92. The number of hydrogen-bond donors (Lipinski definition) is 0. The van der Waals surface area contributed by atoms with Crippen molar-refractivity contribution in [1.29, 1.82) is 0 Å². The van der Waals surface area contributed by atoms with Gasteiger partial charge in [0.15, 0.2) is 0 Å². The molecular formula is C23H35N3O6. The van der Waals surface area contributed by atoms with Crippen LogP contribution in [-0.4, -0.2) is 84.4 Å². The van der Waals surface area contributed by atoms with Gasteiger partial charge in [-0.25, -0.2) is 19.4 Å². The van der Waals surface area contributed by atoms with E-state index in [-0.39, 0.29) is 30.7 Å². The summed E-state index contributed by atoms with van der Waals surface area (Å²) in [4.78, 5) is 44.6. The van der Waals surface area contributed by atoms with E-state index >= 15 is 0 Å². The maximum Gasteiger partial charge on any atom is 0.410 e. The lowest BCUT2D eigenvalue weighted by Crippen LogP contribution is -2.50. The largest absolute Gasteiger partial charge is 0.461 e. The quantitative estimate of drug-likeness (QED) is 0.441. The van der Waals surface area contributed by atoms with Crippen LogP contribution in [0.2, 0.25) is 0 Å². The van der Waals surface area contributed by atoms with Crippen LogP contribution in [0, 0.1) is 0 Å². The molecule has 32 heavy (non-hydrogen) atoms. The first-order chi connectivity index (χ1) is 15.1. The summed E-state index contributed by atoms with van der Waals surface area (Å²) in [5.74, 6) is -1.11. The van der Waals surface area contributed by atoms with Gasteiger partial charge in [-0.3, -0.25) is 4.90 Å². The number of nitrogens with zero attached hydrogens (tertiary/aromatic N) is 3. The Morgan fingerprint density at radius 1 is 0.938 bits per heavy atom. The van der Waals surface area contributed by atoms with Gasteiger partial charge in [0.1, 0.15) is 17.0 Å². The molecule has 1 aromatic heterocycles. The lowest BCUT2D eigenvalue weighted by Gasteiger charge is -2.35. The molecular weight excluding hydrogens is 414 g/mol. The van der Waals surface area contributed by atoms with Crippen molar-refractivity contribution in [3.05, 3.63) is 29.1 Å². The van der Waals surface area contributed by atoms with Crippen LogP contribution in [0.15, 0.2) is 12.1 Å². The average molecular weight is 450 g/mol. The molecule has 0 spiro atoms. The topological polar surface area (TPSA) is 98.3 Å². The fourth-order valence-corrected chi connectivity index (χ4v) is 3.34. The Balaban J connectivity index is 1.91. The molecule has 0 unspecified atom stereocenters. The molecule has 178 valence electrons. The second-order valence-electron chi connectivity index (χ2n) is 8.60. The first kappa shape index (κ1) is 25.6. The van der Waals surface area contributed by atoms with Gasteiger partial charge in [-0.05, 0) is 71.7 Å². The highest BCUT2D eigenvalue weighted by Crippen LogP contribution is 2.14. The molecule has 0 saturated carbocycles. The molecule has 1 saturated heterocycles. The summed E-state index contributed by atoms with van der Waals surface area (Å²) in [6.07, 6.45) is 1.24. The number of pyridine rings is 1. The zero-order valence-corrected chi connectivity index (χ0v) is 19.8. The van der Waals surface area contributed by atoms with Crippen molar-refractivity contribution < 1.29 is 28.6 Å². The average Bonchev–Trinajstić information content (AvgIpc) is 2.73. The lowest BCUT2D eigenvalue weighted by atomic mass is 10.1. The van der Waals surface area contributed by atoms with E-state index in [2.05, 4.69) is 9.88 Å². The molecule has 1 fully saturated rings. The van der Waals surface area contributed by atoms with Crippen molar-refractivity contribution in [3.8, 4) is 0 Å². The minimum Gasteiger partial charge on any atom is -0.461 e. The third-order valence-electron chi connectivity index (χ3n) is 4.82. The maximum atomic E-state index is 12.2. The molecule has 0 aromatic carbocycles. The van der Waals surface area contributed by atoms with E-state index in [1.807, 2.05) is 20.8 Å². The van der Waals surface area contributed by atoms with Crippen LogP contribution in [-0.2, 0) is 20.6 Å². The van der Waals surface area contributed by atoms with Gasteiger partial charge in [0.05, 0.1) is 13.2 Å². The zero-order chi connectivity index (χ0) is 23.7. The molecule has 0 N–H and O–H groups in total. The van der Waals surface area contributed by atoms with E-state index in [1.54, 1.807) is 30.9 Å². The van der Waals surface area contributed by atoms with Gasteiger partial charge in [-0.1, -0.05) is 0 Å². The van der Waals surface area contributed by atoms with Crippen molar-refractivity contribution in [1.82, 2.24) is 14.8 Å². The van der Waals surface area contributed by atoms with Gasteiger partial charge in [0, 0.05) is 26.2 Å². The van der Waals surface area contributed by atoms with E-state index < -0.39 is 17.5 Å². The summed E-state index contributed by atoms with van der Waals surface area (Å²) in [5.41, 5.74) is 0.555. The van der Waals surface area contributed by atoms with Crippen molar-refractivity contribution in [2.75, 3.05) is 45.9 Å². The van der Waals surface area contributed by atoms with Crippen molar-refractivity contribution in [2.24, 2.45) is 0 Å². The molecule has 2 rings (SSSR count). The Morgan fingerprint density at radius 3 is 1.94 bits per heavy atom. The van der Waals surface area contributed by atoms with Gasteiger partial charge in [-0.15, -0.1) is 0 Å². The fraction of sp³-hybridized carbons (Fsp3) is 0.652. The van der Waals surface area contributed by atoms with Crippen LogP contribution in [0.5, 0.6) is 0 Å². The lowest BCUT2D eigenvalue weighted by molar-refractivity contribution is 0.0144. The second-order valence-corrected chi connectivity index (χ2v) is 8.60. The number of aromatic nitrogens is 1. The highest BCUT2D eigenvalue weighted by Gasteiger charge is 2.25. The molecule has 0 radical (unpaired) electrons. The van der Waals surface area contributed by atoms with Crippen molar-refractivity contribution >= 4 is 18.0 Å². The standard InChI is InChI=1S/C23H35N3O6/c1-6-30-20(27)18-15-17(16-19(24-18)21(28)31-7-2)9-8-10-25-11-13-26(14-12-25)22(29)32-23(3,4)5/h15-16H,6-14H2,1-5H3. The van der Waals surface area contributed by atoms with Gasteiger partial charge in [0.25, 0.3) is 0 Å². The normalized spacial score (nSPS) is 14.7. The number of aryl methyl sites for hydroxylation is 1. The minimum absolute atomic E-state index is 0.110. The van der Waals surface area contributed by atoms with Gasteiger partial charge < -0.3 is 19.1 Å². The predicted octanol–water partition coefficient (Wildman–Crippen LogP) is 2.92. The van der Waals surface area contributed by atoms with Crippen molar-refractivity contribution in [3.63, 3.8) is 0 Å². The predicted molar refractivity (Wildman–Crippen MR) is 119 cm³/mol. The minimum atomic E-state index is -0.557. The third kappa shape index (κ3) is 8.11. The third-order valence-corrected chi connectivity index (χ3v) is 4.82. The number of esters is 2. The van der Waals surface area contributed by atoms with E-state index in [1.165, 1.54) is 0 Å². The van der Waals surface area contributed by atoms with Crippen LogP contribution >= 0.6 is 0 Å². The Bertz CT molecular complexity index is 761. The van der Waals surface area contributed by atoms with Crippen molar-refractivity contribution in [2.45, 2.75) is 53.1 Å². The Kier molecular flexibility index (Phi) is 9.43. The number of hydrogen-bond acceptors (Lipinski definition) is 8. The summed E-state index contributed by atoms with van der Waals surface area (Å²) < 4.78 is 15.5. The molecule has 1 aliphatic rings. The number of ether oxygens (including phenoxy) is 3. The molecule has 0 atom stereocenters. The van der Waals surface area contributed by atoms with Crippen LogP contribution in [0.3, 0.4) is 0 Å². The number of amides is 1. The van der Waals surface area contributed by atoms with E-state index in [4.69, 9.17) is 14.2 Å². The molecule has 1 aliphatic heterocycles. The number of carbonyl (C=O) groups is 3. The summed E-state index contributed by atoms with van der Waals surface area (Å²) in [6.45, 7) is 13.1. The number of carbonyl (C=O) groups excluding carboxylic acids is 3. The number of rotatable bonds is 8. The summed E-state index contributed by atoms with van der Waals surface area (Å²) in [7, 11) is 0. The molecule has 9 nitrogen and oxygen atoms in total. The van der Waals surface area contributed by atoms with Crippen LogP contribution in [0.25, 0.3) is 0 Å². The second kappa shape index (κ2) is 11.8. The molecule has 0 bridgehead atoms. The van der Waals surface area contributed by atoms with E-state index in [0.717, 1.165) is 31.6 Å². The molecule has 9 heteroatoms. The molecule has 0 aliphatic carbocycles. The Morgan fingerprint density at radius 2 is 1.47 bits per heavy atom. The van der Waals surface area contributed by atoms with Crippen LogP contribution < -0.4 is 0 Å². The smallest absolute Gasteiger partial charge is 0.410 e. The first-order valence-electron chi connectivity index (χ1n) is 11.2. The van der Waals surface area contributed by atoms with Gasteiger partial charge in [0.2, 0.25) is 0 Å². The van der Waals surface area contributed by atoms with Crippen LogP contribution in [0.4, 0.5) is 4.79 Å². The Labute approximate surface area is 190 Å². The maximum absolute atomic E-state index is 12.2. The summed E-state index contributed by atoms with van der Waals surface area (Å²) in [6, 6.07) is 3.34. The molecule has 2 heterocycles. The van der Waals surface area contributed by atoms with E-state index in [0.29, 0.717) is 19.5 Å². The summed E-state index contributed by atoms with van der Waals surface area (Å²) >= 11 is 0. The highest BCUT2D eigenvalue weighted by atomic mass is 16.6. The summed E-state index contributed by atoms with van der Waals surface area (Å²) in [5, 5.41) is 0. The van der Waals surface area contributed by atoms with Gasteiger partial charge in [-0.2, -0.15) is 0 Å². The van der Waals surface area contributed by atoms with Crippen LogP contribution in [0.1, 0.15) is 67.6 Å².